The summed E-state index contributed by atoms with van der Waals surface area (Å²) in [5, 5.41) is 0.221. The van der Waals surface area contributed by atoms with Gasteiger partial charge in [0.1, 0.15) is 11.4 Å². The van der Waals surface area contributed by atoms with Crippen molar-refractivity contribution in [1.29, 1.82) is 0 Å². The Morgan fingerprint density at radius 1 is 1.19 bits per heavy atom. The van der Waals surface area contributed by atoms with Crippen molar-refractivity contribution >= 4 is 23.5 Å². The zero-order valence-electron chi connectivity index (χ0n) is 15.9. The first-order chi connectivity index (χ1) is 12.3. The maximum absolute atomic E-state index is 12.4. The number of carbonyl (C=O) groups is 1. The number of piperidine rings is 1. The fraction of sp³-hybridized carbons (Fsp3) is 0.722. The standard InChI is InChI=1S/C18H27ClN4O3/c1-18(2,3)26-17(24)23-10-7-13-14(11-23)20-16(19)21-15(13)22-8-5-12(25-4)6-9-22/h12H,5-11H2,1-4H3. The summed E-state index contributed by atoms with van der Waals surface area (Å²) in [5.41, 5.74) is 1.38. The molecule has 0 unspecified atom stereocenters. The van der Waals surface area contributed by atoms with E-state index in [1.165, 1.54) is 0 Å². The molecule has 1 saturated heterocycles. The van der Waals surface area contributed by atoms with E-state index >= 15 is 0 Å². The van der Waals surface area contributed by atoms with Crippen LogP contribution in [0.15, 0.2) is 0 Å². The number of amides is 1. The first-order valence-corrected chi connectivity index (χ1v) is 9.45. The molecule has 8 heteroatoms. The number of methoxy groups -OCH3 is 1. The van der Waals surface area contributed by atoms with E-state index < -0.39 is 5.60 Å². The predicted molar refractivity (Wildman–Crippen MR) is 99.6 cm³/mol. The van der Waals surface area contributed by atoms with Gasteiger partial charge in [-0.25, -0.2) is 14.8 Å². The van der Waals surface area contributed by atoms with Gasteiger partial charge in [0.2, 0.25) is 5.28 Å². The average molecular weight is 383 g/mol. The topological polar surface area (TPSA) is 67.8 Å². The van der Waals surface area contributed by atoms with E-state index in [1.54, 1.807) is 12.0 Å². The van der Waals surface area contributed by atoms with Crippen molar-refractivity contribution in [3.63, 3.8) is 0 Å². The number of nitrogens with zero attached hydrogens (tertiary/aromatic N) is 4. The minimum atomic E-state index is -0.516. The molecule has 144 valence electrons. The SMILES string of the molecule is COC1CCN(c2nc(Cl)nc3c2CCN(C(=O)OC(C)(C)C)C3)CC1. The van der Waals surface area contributed by atoms with E-state index in [-0.39, 0.29) is 11.4 Å². The largest absolute Gasteiger partial charge is 0.444 e. The molecular formula is C18H27ClN4O3. The summed E-state index contributed by atoms with van der Waals surface area (Å²) in [6.45, 7) is 8.35. The molecule has 1 aromatic rings. The van der Waals surface area contributed by atoms with E-state index in [9.17, 15) is 4.79 Å². The quantitative estimate of drug-likeness (QED) is 0.732. The van der Waals surface area contributed by atoms with Gasteiger partial charge in [0.25, 0.3) is 0 Å². The highest BCUT2D eigenvalue weighted by molar-refractivity contribution is 6.28. The van der Waals surface area contributed by atoms with Gasteiger partial charge in [-0.05, 0) is 51.6 Å². The van der Waals surface area contributed by atoms with Gasteiger partial charge >= 0.3 is 6.09 Å². The second-order valence-electron chi connectivity index (χ2n) is 7.82. The van der Waals surface area contributed by atoms with Gasteiger partial charge in [0.05, 0.1) is 18.3 Å². The van der Waals surface area contributed by atoms with Crippen LogP contribution >= 0.6 is 11.6 Å². The lowest BCUT2D eigenvalue weighted by molar-refractivity contribution is 0.0220. The van der Waals surface area contributed by atoms with Crippen molar-refractivity contribution in [3.05, 3.63) is 16.5 Å². The van der Waals surface area contributed by atoms with E-state index in [0.29, 0.717) is 25.6 Å². The third-order valence-corrected chi connectivity index (χ3v) is 4.91. The zero-order valence-corrected chi connectivity index (χ0v) is 16.7. The molecule has 3 rings (SSSR count). The number of fused-ring (bicyclic) bond motifs is 1. The molecule has 2 aliphatic rings. The van der Waals surface area contributed by atoms with Gasteiger partial charge in [0, 0.05) is 32.3 Å². The van der Waals surface area contributed by atoms with Crippen molar-refractivity contribution < 1.29 is 14.3 Å². The van der Waals surface area contributed by atoms with Gasteiger partial charge < -0.3 is 19.3 Å². The summed E-state index contributed by atoms with van der Waals surface area (Å²) in [4.78, 5) is 25.2. The molecule has 7 nitrogen and oxygen atoms in total. The molecule has 0 radical (unpaired) electrons. The number of halogens is 1. The maximum atomic E-state index is 12.4. The molecule has 26 heavy (non-hydrogen) atoms. The Morgan fingerprint density at radius 3 is 2.50 bits per heavy atom. The minimum absolute atomic E-state index is 0.221. The number of hydrogen-bond donors (Lipinski definition) is 0. The highest BCUT2D eigenvalue weighted by Crippen LogP contribution is 2.30. The van der Waals surface area contributed by atoms with Crippen molar-refractivity contribution in [3.8, 4) is 0 Å². The van der Waals surface area contributed by atoms with Crippen molar-refractivity contribution in [2.45, 2.75) is 58.3 Å². The molecule has 0 aromatic carbocycles. The first-order valence-electron chi connectivity index (χ1n) is 9.08. The summed E-state index contributed by atoms with van der Waals surface area (Å²) in [6.07, 6.45) is 2.63. The number of rotatable bonds is 2. The van der Waals surface area contributed by atoms with Crippen LogP contribution < -0.4 is 4.90 Å². The maximum Gasteiger partial charge on any atom is 0.410 e. The van der Waals surface area contributed by atoms with Crippen LogP contribution in [-0.2, 0) is 22.4 Å². The van der Waals surface area contributed by atoms with Gasteiger partial charge in [-0.2, -0.15) is 0 Å². The second kappa shape index (κ2) is 7.56. The molecule has 1 aromatic heterocycles. The van der Waals surface area contributed by atoms with Crippen LogP contribution in [0.3, 0.4) is 0 Å². The zero-order chi connectivity index (χ0) is 18.9. The van der Waals surface area contributed by atoms with Crippen LogP contribution in [0.25, 0.3) is 0 Å². The van der Waals surface area contributed by atoms with E-state index in [4.69, 9.17) is 21.1 Å². The number of ether oxygens (including phenoxy) is 2. The number of hydrogen-bond acceptors (Lipinski definition) is 6. The summed E-state index contributed by atoms with van der Waals surface area (Å²) in [5.74, 6) is 0.901. The fourth-order valence-electron chi connectivity index (χ4n) is 3.43. The highest BCUT2D eigenvalue weighted by atomic mass is 35.5. The van der Waals surface area contributed by atoms with Crippen molar-refractivity contribution in [2.24, 2.45) is 0 Å². The summed E-state index contributed by atoms with van der Waals surface area (Å²) in [6, 6.07) is 0. The number of aromatic nitrogens is 2. The Labute approximate surface area is 159 Å². The van der Waals surface area contributed by atoms with Gasteiger partial charge in [0.15, 0.2) is 0 Å². The van der Waals surface area contributed by atoms with E-state index in [1.807, 2.05) is 20.8 Å². The lowest BCUT2D eigenvalue weighted by Crippen LogP contribution is -2.42. The predicted octanol–water partition coefficient (Wildman–Crippen LogP) is 3.04. The molecule has 0 spiro atoms. The Kier molecular flexibility index (Phi) is 5.58. The normalized spacial score (nSPS) is 18.7. The van der Waals surface area contributed by atoms with Crippen LogP contribution in [0, 0.1) is 0 Å². The van der Waals surface area contributed by atoms with Gasteiger partial charge in [-0.15, -0.1) is 0 Å². The molecule has 0 aliphatic carbocycles. The minimum Gasteiger partial charge on any atom is -0.444 e. The van der Waals surface area contributed by atoms with Crippen LogP contribution in [-0.4, -0.2) is 59.4 Å². The van der Waals surface area contributed by atoms with Crippen LogP contribution in [0.5, 0.6) is 0 Å². The molecule has 1 fully saturated rings. The third-order valence-electron chi connectivity index (χ3n) is 4.74. The Morgan fingerprint density at radius 2 is 1.88 bits per heavy atom. The van der Waals surface area contributed by atoms with Gasteiger partial charge in [-0.1, -0.05) is 0 Å². The number of carbonyl (C=O) groups excluding carboxylic acids is 1. The summed E-state index contributed by atoms with van der Waals surface area (Å²) in [7, 11) is 1.76. The summed E-state index contributed by atoms with van der Waals surface area (Å²) >= 11 is 6.18. The van der Waals surface area contributed by atoms with Gasteiger partial charge in [-0.3, -0.25) is 0 Å². The molecular weight excluding hydrogens is 356 g/mol. The molecule has 2 aliphatic heterocycles. The Bertz CT molecular complexity index is 669. The number of anilines is 1. The molecule has 3 heterocycles. The van der Waals surface area contributed by atoms with E-state index in [0.717, 1.165) is 43.0 Å². The second-order valence-corrected chi connectivity index (χ2v) is 8.15. The van der Waals surface area contributed by atoms with E-state index in [2.05, 4.69) is 14.9 Å². The molecule has 0 bridgehead atoms. The first kappa shape index (κ1) is 19.2. The smallest absolute Gasteiger partial charge is 0.410 e. The fourth-order valence-corrected chi connectivity index (χ4v) is 3.61. The molecule has 0 saturated carbocycles. The molecule has 0 N–H and O–H groups in total. The average Bonchev–Trinajstić information content (AvgIpc) is 2.59. The molecule has 0 atom stereocenters. The van der Waals surface area contributed by atoms with Crippen molar-refractivity contribution in [2.75, 3.05) is 31.6 Å². The monoisotopic (exact) mass is 382 g/mol. The third kappa shape index (κ3) is 4.38. The summed E-state index contributed by atoms with van der Waals surface area (Å²) < 4.78 is 10.9. The van der Waals surface area contributed by atoms with Crippen molar-refractivity contribution in [1.82, 2.24) is 14.9 Å². The van der Waals surface area contributed by atoms with Crippen LogP contribution in [0.2, 0.25) is 5.28 Å². The van der Waals surface area contributed by atoms with Crippen LogP contribution in [0.4, 0.5) is 10.6 Å². The highest BCUT2D eigenvalue weighted by Gasteiger charge is 2.30. The lowest BCUT2D eigenvalue weighted by atomic mass is 10.0. The Balaban J connectivity index is 1.78. The lowest BCUT2D eigenvalue weighted by Gasteiger charge is -2.36. The Hall–Kier alpha value is -1.60. The van der Waals surface area contributed by atoms with Crippen LogP contribution in [0.1, 0.15) is 44.9 Å². The molecule has 1 amide bonds.